The van der Waals surface area contributed by atoms with Gasteiger partial charge in [0.25, 0.3) is 0 Å². The average Bonchev–Trinajstić information content (AvgIpc) is 2.33. The number of rotatable bonds is 3. The lowest BCUT2D eigenvalue weighted by atomic mass is 9.81. The fourth-order valence-electron chi connectivity index (χ4n) is 3.60. The number of nitrogens with one attached hydrogen (secondary N) is 1. The molecule has 2 fully saturated rings. The molecule has 0 bridgehead atoms. The van der Waals surface area contributed by atoms with Gasteiger partial charge < -0.3 is 5.32 Å². The maximum Gasteiger partial charge on any atom is 0.00952 e. The van der Waals surface area contributed by atoms with Gasteiger partial charge >= 0.3 is 0 Å². The molecule has 2 rings (SSSR count). The molecule has 2 atom stereocenters. The summed E-state index contributed by atoms with van der Waals surface area (Å²) in [6, 6.07) is 1.67. The minimum atomic E-state index is 0.830. The largest absolute Gasteiger partial charge is 0.311 e. The van der Waals surface area contributed by atoms with Gasteiger partial charge in [0.1, 0.15) is 0 Å². The van der Waals surface area contributed by atoms with E-state index in [2.05, 4.69) is 19.2 Å². The minimum Gasteiger partial charge on any atom is -0.311 e. The van der Waals surface area contributed by atoms with E-state index >= 15 is 0 Å². The van der Waals surface area contributed by atoms with Crippen molar-refractivity contribution in [1.29, 1.82) is 0 Å². The Labute approximate surface area is 101 Å². The van der Waals surface area contributed by atoms with Gasteiger partial charge in [-0.2, -0.15) is 0 Å². The summed E-state index contributed by atoms with van der Waals surface area (Å²) in [6.45, 7) is 4.79. The van der Waals surface area contributed by atoms with E-state index in [1.807, 2.05) is 0 Å². The molecule has 0 spiro atoms. The van der Waals surface area contributed by atoms with Crippen LogP contribution >= 0.6 is 0 Å². The molecule has 0 aromatic rings. The molecule has 0 aliphatic heterocycles. The second-order valence-electron chi connectivity index (χ2n) is 6.16. The van der Waals surface area contributed by atoms with Gasteiger partial charge in [0.15, 0.2) is 0 Å². The van der Waals surface area contributed by atoms with Crippen molar-refractivity contribution in [3.63, 3.8) is 0 Å². The topological polar surface area (TPSA) is 12.0 Å². The Morgan fingerprint density at radius 3 is 2.25 bits per heavy atom. The van der Waals surface area contributed by atoms with Crippen LogP contribution in [-0.4, -0.2) is 12.1 Å². The Hall–Kier alpha value is -0.0400. The fraction of sp³-hybridized carbons (Fsp3) is 1.00. The number of hydrogen-bond acceptors (Lipinski definition) is 1. The molecule has 2 aliphatic carbocycles. The van der Waals surface area contributed by atoms with Crippen molar-refractivity contribution in [2.45, 2.75) is 83.7 Å². The maximum atomic E-state index is 3.95. The fourth-order valence-corrected chi connectivity index (χ4v) is 3.60. The molecule has 0 radical (unpaired) electrons. The van der Waals surface area contributed by atoms with E-state index < -0.39 is 0 Å². The predicted molar refractivity (Wildman–Crippen MR) is 70.6 cm³/mol. The van der Waals surface area contributed by atoms with Gasteiger partial charge in [-0.15, -0.1) is 0 Å². The first-order chi connectivity index (χ1) is 7.79. The summed E-state index contributed by atoms with van der Waals surface area (Å²) in [6.07, 6.45) is 13.0. The molecule has 2 saturated carbocycles. The van der Waals surface area contributed by atoms with E-state index in [4.69, 9.17) is 0 Å². The van der Waals surface area contributed by atoms with Crippen molar-refractivity contribution < 1.29 is 0 Å². The highest BCUT2D eigenvalue weighted by Gasteiger charge is 2.26. The standard InChI is InChI=1S/C15H29N/c1-3-13-8-10-14(11-9-13)16-15-7-5-4-6-12(15)2/h12-16H,3-11H2,1-2H3. The molecule has 0 aromatic heterocycles. The van der Waals surface area contributed by atoms with Gasteiger partial charge in [0, 0.05) is 12.1 Å². The Balaban J connectivity index is 1.73. The summed E-state index contributed by atoms with van der Waals surface area (Å²) in [5.41, 5.74) is 0. The molecule has 0 aromatic carbocycles. The van der Waals surface area contributed by atoms with E-state index in [0.29, 0.717) is 0 Å². The van der Waals surface area contributed by atoms with E-state index in [-0.39, 0.29) is 0 Å². The monoisotopic (exact) mass is 223 g/mol. The summed E-state index contributed by atoms with van der Waals surface area (Å²) in [7, 11) is 0. The highest BCUT2D eigenvalue weighted by atomic mass is 15.0. The Morgan fingerprint density at radius 1 is 0.938 bits per heavy atom. The molecular weight excluding hydrogens is 194 g/mol. The second kappa shape index (κ2) is 6.05. The average molecular weight is 223 g/mol. The van der Waals surface area contributed by atoms with Gasteiger partial charge in [-0.05, 0) is 50.4 Å². The summed E-state index contributed by atoms with van der Waals surface area (Å²) in [4.78, 5) is 0. The van der Waals surface area contributed by atoms with Crippen LogP contribution in [-0.2, 0) is 0 Å². The van der Waals surface area contributed by atoms with Crippen molar-refractivity contribution in [3.05, 3.63) is 0 Å². The van der Waals surface area contributed by atoms with Crippen LogP contribution in [0.2, 0.25) is 0 Å². The van der Waals surface area contributed by atoms with E-state index in [9.17, 15) is 0 Å². The quantitative estimate of drug-likeness (QED) is 0.759. The molecule has 16 heavy (non-hydrogen) atoms. The van der Waals surface area contributed by atoms with Crippen LogP contribution in [0.1, 0.15) is 71.6 Å². The van der Waals surface area contributed by atoms with Crippen LogP contribution < -0.4 is 5.32 Å². The maximum absolute atomic E-state index is 3.95. The molecule has 0 amide bonds. The first-order valence-corrected chi connectivity index (χ1v) is 7.55. The molecule has 2 unspecified atom stereocenters. The Kier molecular flexibility index (Phi) is 4.69. The molecule has 94 valence electrons. The first-order valence-electron chi connectivity index (χ1n) is 7.55. The Morgan fingerprint density at radius 2 is 1.62 bits per heavy atom. The summed E-state index contributed by atoms with van der Waals surface area (Å²) < 4.78 is 0. The van der Waals surface area contributed by atoms with Gasteiger partial charge in [-0.25, -0.2) is 0 Å². The van der Waals surface area contributed by atoms with Crippen LogP contribution in [0.15, 0.2) is 0 Å². The van der Waals surface area contributed by atoms with Gasteiger partial charge in [0.2, 0.25) is 0 Å². The lowest BCUT2D eigenvalue weighted by molar-refractivity contribution is 0.213. The van der Waals surface area contributed by atoms with Crippen LogP contribution in [0.3, 0.4) is 0 Å². The molecular formula is C15H29N. The van der Waals surface area contributed by atoms with Crippen LogP contribution in [0.5, 0.6) is 0 Å². The van der Waals surface area contributed by atoms with Crippen LogP contribution in [0.25, 0.3) is 0 Å². The zero-order valence-electron chi connectivity index (χ0n) is 11.2. The SMILES string of the molecule is CCC1CCC(NC2CCCCC2C)CC1. The molecule has 0 saturated heterocycles. The van der Waals surface area contributed by atoms with E-state index in [1.54, 1.807) is 0 Å². The minimum absolute atomic E-state index is 0.830. The van der Waals surface area contributed by atoms with Crippen molar-refractivity contribution in [3.8, 4) is 0 Å². The van der Waals surface area contributed by atoms with Crippen molar-refractivity contribution in [2.24, 2.45) is 11.8 Å². The highest BCUT2D eigenvalue weighted by molar-refractivity contribution is 4.84. The second-order valence-corrected chi connectivity index (χ2v) is 6.16. The highest BCUT2D eigenvalue weighted by Crippen LogP contribution is 2.29. The predicted octanol–water partition coefficient (Wildman–Crippen LogP) is 4.12. The van der Waals surface area contributed by atoms with Crippen molar-refractivity contribution >= 4 is 0 Å². The zero-order chi connectivity index (χ0) is 11.4. The summed E-state index contributed by atoms with van der Waals surface area (Å²) in [5, 5.41) is 3.95. The Bertz CT molecular complexity index is 194. The van der Waals surface area contributed by atoms with Crippen molar-refractivity contribution in [1.82, 2.24) is 5.32 Å². The summed E-state index contributed by atoms with van der Waals surface area (Å²) >= 11 is 0. The molecule has 2 aliphatic rings. The van der Waals surface area contributed by atoms with E-state index in [0.717, 1.165) is 23.9 Å². The number of hydrogen-bond donors (Lipinski definition) is 1. The van der Waals surface area contributed by atoms with E-state index in [1.165, 1.54) is 57.8 Å². The first kappa shape index (κ1) is 12.4. The summed E-state index contributed by atoms with van der Waals surface area (Å²) in [5.74, 6) is 1.94. The lowest BCUT2D eigenvalue weighted by Gasteiger charge is -2.36. The van der Waals surface area contributed by atoms with Crippen molar-refractivity contribution in [2.75, 3.05) is 0 Å². The zero-order valence-corrected chi connectivity index (χ0v) is 11.2. The molecule has 1 nitrogen and oxygen atoms in total. The van der Waals surface area contributed by atoms with Crippen LogP contribution in [0.4, 0.5) is 0 Å². The molecule has 0 heterocycles. The smallest absolute Gasteiger partial charge is 0.00952 e. The third-order valence-electron chi connectivity index (χ3n) is 4.99. The third-order valence-corrected chi connectivity index (χ3v) is 4.99. The molecule has 1 N–H and O–H groups in total. The van der Waals surface area contributed by atoms with Gasteiger partial charge in [-0.1, -0.05) is 33.1 Å². The van der Waals surface area contributed by atoms with Crippen LogP contribution in [0, 0.1) is 11.8 Å². The van der Waals surface area contributed by atoms with Gasteiger partial charge in [-0.3, -0.25) is 0 Å². The van der Waals surface area contributed by atoms with Gasteiger partial charge in [0.05, 0.1) is 0 Å². The third kappa shape index (κ3) is 3.23. The lowest BCUT2D eigenvalue weighted by Crippen LogP contribution is -2.44. The molecule has 1 heteroatoms. The normalized spacial score (nSPS) is 40.9.